The molecule has 9 heteroatoms. The highest BCUT2D eigenvalue weighted by atomic mass is 15.3. The zero-order valence-electron chi connectivity index (χ0n) is 24.0. The van der Waals surface area contributed by atoms with Gasteiger partial charge in [0.2, 0.25) is 11.9 Å². The van der Waals surface area contributed by atoms with Crippen LogP contribution in [0, 0.1) is 6.92 Å². The maximum absolute atomic E-state index is 4.41. The summed E-state index contributed by atoms with van der Waals surface area (Å²) in [6, 6.07) is 9.24. The van der Waals surface area contributed by atoms with Crippen LogP contribution in [0.2, 0.25) is 0 Å². The minimum atomic E-state index is 0.487. The van der Waals surface area contributed by atoms with Gasteiger partial charge in [0, 0.05) is 64.6 Å². The van der Waals surface area contributed by atoms with E-state index in [-0.39, 0.29) is 0 Å². The molecule has 0 radical (unpaired) electrons. The Kier molecular flexibility index (Phi) is 12.0. The summed E-state index contributed by atoms with van der Waals surface area (Å²) >= 11 is 0. The number of rotatable bonds is 9. The molecule has 2 heterocycles. The third-order valence-corrected chi connectivity index (χ3v) is 7.55. The van der Waals surface area contributed by atoms with E-state index >= 15 is 0 Å². The van der Waals surface area contributed by atoms with E-state index in [1.807, 2.05) is 14.0 Å². The van der Waals surface area contributed by atoms with Gasteiger partial charge >= 0.3 is 0 Å². The van der Waals surface area contributed by atoms with Crippen LogP contribution < -0.4 is 10.6 Å². The number of hydrogen-bond acceptors (Lipinski definition) is 9. The van der Waals surface area contributed by atoms with Crippen molar-refractivity contribution < 1.29 is 0 Å². The fourth-order valence-electron chi connectivity index (χ4n) is 5.05. The molecule has 1 aliphatic heterocycles. The van der Waals surface area contributed by atoms with Crippen molar-refractivity contribution in [2.45, 2.75) is 47.1 Å². The van der Waals surface area contributed by atoms with Gasteiger partial charge in [0.05, 0.1) is 0 Å². The molecule has 206 valence electrons. The monoisotopic (exact) mass is 511 g/mol. The first kappa shape index (κ1) is 29.2. The Bertz CT molecular complexity index is 920. The number of nitrogens with one attached hydrogen (secondary N) is 2. The number of nitrogens with zero attached hydrogens (tertiary/aromatic N) is 7. The van der Waals surface area contributed by atoms with Gasteiger partial charge in [-0.15, -0.1) is 0 Å². The quantitative estimate of drug-likeness (QED) is 0.528. The molecule has 37 heavy (non-hydrogen) atoms. The molecule has 0 bridgehead atoms. The van der Waals surface area contributed by atoms with Gasteiger partial charge < -0.3 is 25.3 Å². The van der Waals surface area contributed by atoms with Crippen LogP contribution >= 0.6 is 0 Å². The summed E-state index contributed by atoms with van der Waals surface area (Å²) in [6.07, 6.45) is 1.04. The summed E-state index contributed by atoms with van der Waals surface area (Å²) in [4.78, 5) is 23.7. The van der Waals surface area contributed by atoms with Gasteiger partial charge in [-0.25, -0.2) is 0 Å². The molecular formula is C28H49N9. The fourth-order valence-corrected chi connectivity index (χ4v) is 5.05. The maximum Gasteiger partial charge on any atom is 0.232 e. The van der Waals surface area contributed by atoms with E-state index < -0.39 is 0 Å². The van der Waals surface area contributed by atoms with Crippen LogP contribution in [0.5, 0.6) is 0 Å². The molecule has 1 fully saturated rings. The number of anilines is 3. The summed E-state index contributed by atoms with van der Waals surface area (Å²) in [5.74, 6) is 1.81. The Balaban J connectivity index is 1.73. The second kappa shape index (κ2) is 15.2. The minimum Gasteiger partial charge on any atom is -0.357 e. The molecule has 9 nitrogen and oxygen atoms in total. The van der Waals surface area contributed by atoms with Crippen LogP contribution in [0.15, 0.2) is 24.3 Å². The van der Waals surface area contributed by atoms with Crippen molar-refractivity contribution in [2.24, 2.45) is 0 Å². The zero-order chi connectivity index (χ0) is 26.6. The minimum absolute atomic E-state index is 0.487. The van der Waals surface area contributed by atoms with Crippen molar-refractivity contribution in [1.82, 2.24) is 34.6 Å². The topological polar surface area (TPSA) is 75.7 Å². The summed E-state index contributed by atoms with van der Waals surface area (Å²) in [6.45, 7) is 23.4. The van der Waals surface area contributed by atoms with E-state index in [0.717, 1.165) is 84.1 Å². The van der Waals surface area contributed by atoms with E-state index in [1.165, 1.54) is 5.56 Å². The molecule has 1 aromatic heterocycles. The molecule has 3 rings (SSSR count). The van der Waals surface area contributed by atoms with Crippen LogP contribution in [-0.2, 0) is 6.42 Å². The Hall–Kier alpha value is -2.33. The average Bonchev–Trinajstić information content (AvgIpc) is 2.90. The molecule has 1 saturated heterocycles. The summed E-state index contributed by atoms with van der Waals surface area (Å²) in [7, 11) is 1.81. The van der Waals surface area contributed by atoms with Crippen LogP contribution in [0.1, 0.15) is 39.1 Å². The molecule has 2 N–H and O–H groups in total. The van der Waals surface area contributed by atoms with Crippen molar-refractivity contribution in [2.75, 3.05) is 89.7 Å². The van der Waals surface area contributed by atoms with E-state index in [0.29, 0.717) is 23.8 Å². The third kappa shape index (κ3) is 9.17. The van der Waals surface area contributed by atoms with Crippen molar-refractivity contribution >= 4 is 17.6 Å². The molecule has 1 atom stereocenters. The van der Waals surface area contributed by atoms with Crippen LogP contribution in [0.4, 0.5) is 17.6 Å². The molecule has 0 saturated carbocycles. The molecule has 1 unspecified atom stereocenters. The molecule has 2 aromatic rings. The van der Waals surface area contributed by atoms with Gasteiger partial charge in [-0.1, -0.05) is 39.8 Å². The molecule has 1 aromatic carbocycles. The van der Waals surface area contributed by atoms with Crippen molar-refractivity contribution in [3.8, 4) is 0 Å². The van der Waals surface area contributed by atoms with Gasteiger partial charge in [-0.3, -0.25) is 4.90 Å². The lowest BCUT2D eigenvalue weighted by atomic mass is 10.0. The maximum atomic E-state index is 4.41. The third-order valence-electron chi connectivity index (χ3n) is 7.55. The Morgan fingerprint density at radius 1 is 0.730 bits per heavy atom. The van der Waals surface area contributed by atoms with Crippen molar-refractivity contribution in [1.29, 1.82) is 0 Å². The van der Waals surface area contributed by atoms with Crippen molar-refractivity contribution in [3.05, 3.63) is 35.7 Å². The number of benzene rings is 1. The number of hydrogen-bond donors (Lipinski definition) is 2. The van der Waals surface area contributed by atoms with Gasteiger partial charge in [0.15, 0.2) is 0 Å². The largest absolute Gasteiger partial charge is 0.357 e. The highest BCUT2D eigenvalue weighted by Crippen LogP contribution is 2.18. The summed E-state index contributed by atoms with van der Waals surface area (Å²) < 4.78 is 0. The predicted molar refractivity (Wildman–Crippen MR) is 155 cm³/mol. The zero-order valence-corrected chi connectivity index (χ0v) is 24.0. The van der Waals surface area contributed by atoms with Gasteiger partial charge in [0.25, 0.3) is 0 Å². The highest BCUT2D eigenvalue weighted by molar-refractivity contribution is 5.54. The van der Waals surface area contributed by atoms with E-state index in [9.17, 15) is 0 Å². The van der Waals surface area contributed by atoms with E-state index in [1.54, 1.807) is 0 Å². The van der Waals surface area contributed by atoms with Gasteiger partial charge in [0.1, 0.15) is 5.82 Å². The van der Waals surface area contributed by atoms with Crippen LogP contribution in [0.3, 0.4) is 0 Å². The number of aryl methyl sites for hydroxylation is 1. The van der Waals surface area contributed by atoms with E-state index in [4.69, 9.17) is 0 Å². The lowest BCUT2D eigenvalue weighted by molar-refractivity contribution is 0.105. The Morgan fingerprint density at radius 2 is 1.30 bits per heavy atom. The number of likely N-dealkylation sites (N-methyl/N-ethyl adjacent to an activating group) is 4. The highest BCUT2D eigenvalue weighted by Gasteiger charge is 2.22. The van der Waals surface area contributed by atoms with Crippen LogP contribution in [-0.4, -0.2) is 120 Å². The van der Waals surface area contributed by atoms with Crippen LogP contribution in [0.25, 0.3) is 0 Å². The van der Waals surface area contributed by atoms with Gasteiger partial charge in [-0.05, 0) is 57.2 Å². The predicted octanol–water partition coefficient (Wildman–Crippen LogP) is 3.18. The van der Waals surface area contributed by atoms with Crippen molar-refractivity contribution in [3.63, 3.8) is 0 Å². The fraction of sp³-hybridized carbons (Fsp3) is 0.679. The molecule has 0 spiro atoms. The smallest absolute Gasteiger partial charge is 0.232 e. The lowest BCUT2D eigenvalue weighted by Crippen LogP contribution is -2.50. The lowest BCUT2D eigenvalue weighted by Gasteiger charge is -2.38. The first-order valence-corrected chi connectivity index (χ1v) is 14.1. The molecular weight excluding hydrogens is 462 g/mol. The standard InChI is InChI=1S/C28H49N9/c1-7-34-15-16-35(8-2)19-20-37(10-4)26(22-36(9-3)18-17-34)21-24-11-13-25(14-12-24)32-28-31-23(5)30-27(29-6)33-28/h11-14,26H,7-10,15-22H2,1-6H3,(H2,29,30,31,32,33). The summed E-state index contributed by atoms with van der Waals surface area (Å²) in [5, 5.41) is 6.31. The second-order valence-corrected chi connectivity index (χ2v) is 9.85. The van der Waals surface area contributed by atoms with E-state index in [2.05, 4.69) is 97.1 Å². The van der Waals surface area contributed by atoms with Gasteiger partial charge in [-0.2, -0.15) is 15.0 Å². The second-order valence-electron chi connectivity index (χ2n) is 9.85. The first-order chi connectivity index (χ1) is 18.0. The Labute approximate surface area is 224 Å². The Morgan fingerprint density at radius 3 is 1.86 bits per heavy atom. The normalized spacial score (nSPS) is 19.8. The average molecular weight is 512 g/mol. The molecule has 0 aliphatic carbocycles. The number of aromatic nitrogens is 3. The molecule has 0 amide bonds. The summed E-state index contributed by atoms with van der Waals surface area (Å²) in [5.41, 5.74) is 2.35. The first-order valence-electron chi connectivity index (χ1n) is 14.1. The molecule has 1 aliphatic rings. The SMILES string of the molecule is CCN1CCN(CC)CCN(CC)C(Cc2ccc(Nc3nc(C)nc(NC)n3)cc2)CN(CC)CC1.